The Morgan fingerprint density at radius 2 is 2.24 bits per heavy atom. The molecule has 1 amide bonds. The van der Waals surface area contributed by atoms with Crippen molar-refractivity contribution in [2.75, 3.05) is 18.1 Å². The molecule has 7 heteroatoms. The van der Waals surface area contributed by atoms with Crippen molar-refractivity contribution in [2.24, 2.45) is 0 Å². The number of H-pyrrole nitrogens is 1. The van der Waals surface area contributed by atoms with Crippen LogP contribution in [0.2, 0.25) is 0 Å². The van der Waals surface area contributed by atoms with E-state index in [4.69, 9.17) is 9.47 Å². The molecule has 0 atom stereocenters. The van der Waals surface area contributed by atoms with E-state index in [2.05, 4.69) is 20.2 Å². The molecule has 4 rings (SSSR count). The molecule has 7 nitrogen and oxygen atoms in total. The number of pyridine rings is 1. The van der Waals surface area contributed by atoms with Crippen LogP contribution in [0.15, 0.2) is 18.5 Å². The number of nitrogens with zero attached hydrogens (tertiary/aromatic N) is 2. The predicted octanol–water partition coefficient (Wildman–Crippen LogP) is 2.82. The van der Waals surface area contributed by atoms with E-state index in [1.54, 1.807) is 6.20 Å². The van der Waals surface area contributed by atoms with Gasteiger partial charge in [0, 0.05) is 23.7 Å². The number of alkyl carbamates (subject to hydrolysis) is 1. The van der Waals surface area contributed by atoms with Crippen molar-refractivity contribution in [1.82, 2.24) is 15.3 Å². The highest BCUT2D eigenvalue weighted by Gasteiger charge is 2.38. The summed E-state index contributed by atoms with van der Waals surface area (Å²) in [4.78, 5) is 21.9. The lowest BCUT2D eigenvalue weighted by Gasteiger charge is -2.46. The van der Waals surface area contributed by atoms with E-state index < -0.39 is 5.60 Å². The summed E-state index contributed by atoms with van der Waals surface area (Å²) in [6, 6.07) is 2.59. The highest BCUT2D eigenvalue weighted by atomic mass is 16.6. The molecule has 1 saturated carbocycles. The number of carbonyl (C=O) groups excluding carboxylic acids is 1. The van der Waals surface area contributed by atoms with Crippen molar-refractivity contribution in [3.05, 3.63) is 18.5 Å². The minimum absolute atomic E-state index is 0.162. The summed E-state index contributed by atoms with van der Waals surface area (Å²) >= 11 is 0. The monoisotopic (exact) mass is 344 g/mol. The van der Waals surface area contributed by atoms with Crippen LogP contribution in [-0.4, -0.2) is 46.9 Å². The van der Waals surface area contributed by atoms with Gasteiger partial charge < -0.3 is 24.7 Å². The quantitative estimate of drug-likeness (QED) is 0.876. The molecule has 3 heterocycles. The molecule has 2 aromatic rings. The van der Waals surface area contributed by atoms with Gasteiger partial charge in [-0.1, -0.05) is 0 Å². The maximum Gasteiger partial charge on any atom is 0.407 e. The maximum atomic E-state index is 11.9. The summed E-state index contributed by atoms with van der Waals surface area (Å²) in [5.74, 6) is 0.835. The number of anilines is 1. The van der Waals surface area contributed by atoms with Crippen molar-refractivity contribution < 1.29 is 14.3 Å². The van der Waals surface area contributed by atoms with Gasteiger partial charge in [-0.2, -0.15) is 0 Å². The van der Waals surface area contributed by atoms with Gasteiger partial charge in [0.25, 0.3) is 0 Å². The molecular formula is C18H24N4O3. The molecule has 2 aliphatic rings. The minimum atomic E-state index is -0.469. The highest BCUT2D eigenvalue weighted by molar-refractivity contribution is 5.93. The van der Waals surface area contributed by atoms with E-state index >= 15 is 0 Å². The Labute approximate surface area is 146 Å². The number of fused-ring (bicyclic) bond motifs is 3. The molecule has 0 bridgehead atoms. The van der Waals surface area contributed by atoms with Crippen LogP contribution in [-0.2, 0) is 4.74 Å². The number of aromatic amines is 1. The largest absolute Gasteiger partial charge is 0.488 e. The van der Waals surface area contributed by atoms with Crippen LogP contribution >= 0.6 is 0 Å². The Balaban J connectivity index is 1.44. The first kappa shape index (κ1) is 16.1. The second-order valence-electron chi connectivity index (χ2n) is 7.72. The van der Waals surface area contributed by atoms with Gasteiger partial charge >= 0.3 is 6.09 Å². The lowest BCUT2D eigenvalue weighted by Crippen LogP contribution is -2.56. The van der Waals surface area contributed by atoms with Crippen LogP contribution in [0.3, 0.4) is 0 Å². The Bertz CT molecular complexity index is 789. The number of aromatic nitrogens is 2. The molecule has 1 aliphatic heterocycles. The molecule has 0 saturated heterocycles. The first-order chi connectivity index (χ1) is 11.9. The van der Waals surface area contributed by atoms with Crippen LogP contribution in [0, 0.1) is 0 Å². The van der Waals surface area contributed by atoms with E-state index in [1.165, 1.54) is 0 Å². The topological polar surface area (TPSA) is 79.5 Å². The van der Waals surface area contributed by atoms with E-state index in [0.717, 1.165) is 41.9 Å². The van der Waals surface area contributed by atoms with Crippen LogP contribution in [0.5, 0.6) is 5.75 Å². The number of hydrogen-bond acceptors (Lipinski definition) is 5. The number of nitrogens with one attached hydrogen (secondary N) is 2. The van der Waals surface area contributed by atoms with Gasteiger partial charge in [-0.15, -0.1) is 0 Å². The summed E-state index contributed by atoms with van der Waals surface area (Å²) in [6.07, 6.45) is 5.17. The lowest BCUT2D eigenvalue weighted by molar-refractivity contribution is 0.0469. The molecule has 0 radical (unpaired) electrons. The van der Waals surface area contributed by atoms with Gasteiger partial charge in [0.2, 0.25) is 0 Å². The van der Waals surface area contributed by atoms with Gasteiger partial charge in [-0.25, -0.2) is 9.78 Å². The average molecular weight is 344 g/mol. The number of carbonyl (C=O) groups is 1. The summed E-state index contributed by atoms with van der Waals surface area (Å²) in [5, 5.41) is 4.04. The van der Waals surface area contributed by atoms with Crippen molar-refractivity contribution in [3.8, 4) is 5.75 Å². The van der Waals surface area contributed by atoms with Crippen molar-refractivity contribution in [2.45, 2.75) is 51.3 Å². The molecule has 0 spiro atoms. The third-order valence-electron chi connectivity index (χ3n) is 4.68. The van der Waals surface area contributed by atoms with Crippen LogP contribution < -0.4 is 15.0 Å². The SMILES string of the molecule is CC(C)(C)OC(=O)N[C@H]1C[C@@H](N2CCOc3cnc4[nH]ccc4c32)C1. The fourth-order valence-electron chi connectivity index (χ4n) is 3.54. The predicted molar refractivity (Wildman–Crippen MR) is 95.1 cm³/mol. The van der Waals surface area contributed by atoms with Gasteiger partial charge in [0.05, 0.1) is 18.4 Å². The van der Waals surface area contributed by atoms with Gasteiger partial charge in [-0.3, -0.25) is 0 Å². The third kappa shape index (κ3) is 3.10. The van der Waals surface area contributed by atoms with E-state index in [0.29, 0.717) is 12.6 Å². The zero-order valence-corrected chi connectivity index (χ0v) is 14.8. The molecule has 0 aromatic carbocycles. The van der Waals surface area contributed by atoms with E-state index in [9.17, 15) is 4.79 Å². The third-order valence-corrected chi connectivity index (χ3v) is 4.68. The normalized spacial score (nSPS) is 22.8. The fourth-order valence-corrected chi connectivity index (χ4v) is 3.54. The average Bonchev–Trinajstić information content (AvgIpc) is 2.97. The fraction of sp³-hybridized carbons (Fsp3) is 0.556. The van der Waals surface area contributed by atoms with Gasteiger partial charge in [0.1, 0.15) is 17.9 Å². The lowest BCUT2D eigenvalue weighted by atomic mass is 9.85. The molecule has 0 unspecified atom stereocenters. The molecule has 134 valence electrons. The Morgan fingerprint density at radius 3 is 3.00 bits per heavy atom. The second-order valence-corrected chi connectivity index (χ2v) is 7.72. The molecule has 1 aliphatic carbocycles. The first-order valence-electron chi connectivity index (χ1n) is 8.76. The summed E-state index contributed by atoms with van der Waals surface area (Å²) < 4.78 is 11.1. The molecule has 2 N–H and O–H groups in total. The molecular weight excluding hydrogens is 320 g/mol. The van der Waals surface area contributed by atoms with Crippen LogP contribution in [0.1, 0.15) is 33.6 Å². The maximum absolute atomic E-state index is 11.9. The zero-order valence-electron chi connectivity index (χ0n) is 14.8. The van der Waals surface area contributed by atoms with Crippen molar-refractivity contribution >= 4 is 22.8 Å². The standard InChI is InChI=1S/C18H24N4O3/c1-18(2,3)25-17(23)21-11-8-12(9-11)22-6-7-24-14-10-20-16-13(15(14)22)4-5-19-16/h4-5,10-12H,6-9H2,1-3H3,(H,19,20)(H,21,23)/t11-,12+. The molecule has 2 aromatic heterocycles. The number of ether oxygens (including phenoxy) is 2. The smallest absolute Gasteiger partial charge is 0.407 e. The number of hydrogen-bond donors (Lipinski definition) is 2. The van der Waals surface area contributed by atoms with Gasteiger partial charge in [-0.05, 0) is 39.7 Å². The Kier molecular flexibility index (Phi) is 3.74. The zero-order chi connectivity index (χ0) is 17.6. The molecule has 1 fully saturated rings. The van der Waals surface area contributed by atoms with Crippen LogP contribution in [0.4, 0.5) is 10.5 Å². The minimum Gasteiger partial charge on any atom is -0.488 e. The summed E-state index contributed by atoms with van der Waals surface area (Å²) in [5.41, 5.74) is 1.51. The highest BCUT2D eigenvalue weighted by Crippen LogP contribution is 2.41. The summed E-state index contributed by atoms with van der Waals surface area (Å²) in [7, 11) is 0. The molecule has 25 heavy (non-hydrogen) atoms. The van der Waals surface area contributed by atoms with Crippen molar-refractivity contribution in [3.63, 3.8) is 0 Å². The van der Waals surface area contributed by atoms with Gasteiger partial charge in [0.15, 0.2) is 5.75 Å². The Hall–Kier alpha value is -2.44. The first-order valence-corrected chi connectivity index (χ1v) is 8.76. The van der Waals surface area contributed by atoms with Crippen molar-refractivity contribution in [1.29, 1.82) is 0 Å². The van der Waals surface area contributed by atoms with E-state index in [1.807, 2.05) is 33.0 Å². The number of rotatable bonds is 2. The van der Waals surface area contributed by atoms with E-state index in [-0.39, 0.29) is 12.1 Å². The van der Waals surface area contributed by atoms with Crippen LogP contribution in [0.25, 0.3) is 11.0 Å². The number of amides is 1. The summed E-state index contributed by atoms with van der Waals surface area (Å²) in [6.45, 7) is 7.12. The Morgan fingerprint density at radius 1 is 1.44 bits per heavy atom. The second kappa shape index (κ2) is 5.82.